The monoisotopic (exact) mass is 306 g/mol. The molecule has 0 spiro atoms. The van der Waals surface area contributed by atoms with Gasteiger partial charge in [0.25, 0.3) is 0 Å². The van der Waals surface area contributed by atoms with E-state index in [0.717, 1.165) is 18.0 Å². The number of carbonyl (C=O) groups is 1. The minimum atomic E-state index is 0.0330. The molecule has 0 unspecified atom stereocenters. The van der Waals surface area contributed by atoms with Crippen molar-refractivity contribution in [2.24, 2.45) is 0 Å². The Bertz CT molecular complexity index is 274. The van der Waals surface area contributed by atoms with Gasteiger partial charge in [0, 0.05) is 26.1 Å². The number of hydrogen-bond donors (Lipinski definition) is 1. The third-order valence-corrected chi connectivity index (χ3v) is 3.23. The Hall–Kier alpha value is -0.760. The molecular formula is C14H27FN2O4. The molecule has 124 valence electrons. The lowest BCUT2D eigenvalue weighted by Gasteiger charge is -2.25. The highest BCUT2D eigenvalue weighted by atomic mass is 19.2. The fraction of sp³-hybridized carbons (Fsp3) is 0.929. The summed E-state index contributed by atoms with van der Waals surface area (Å²) in [5.74, 6) is 0.0330. The molecule has 1 saturated heterocycles. The first kappa shape index (κ1) is 18.3. The van der Waals surface area contributed by atoms with Gasteiger partial charge in [0.05, 0.1) is 39.1 Å². The summed E-state index contributed by atoms with van der Waals surface area (Å²) in [5.41, 5.74) is 0. The van der Waals surface area contributed by atoms with Crippen LogP contribution in [0.2, 0.25) is 0 Å². The second-order valence-electron chi connectivity index (χ2n) is 4.91. The SMILES string of the molecule is CCC(=O)NCCOCCOCCOC1CCN(F)CC1. The summed E-state index contributed by atoms with van der Waals surface area (Å²) in [5, 5.41) is 3.56. The van der Waals surface area contributed by atoms with Gasteiger partial charge in [0.2, 0.25) is 5.91 Å². The molecule has 0 aromatic carbocycles. The topological polar surface area (TPSA) is 60.0 Å². The van der Waals surface area contributed by atoms with Crippen LogP contribution < -0.4 is 5.32 Å². The van der Waals surface area contributed by atoms with Crippen LogP contribution in [0, 0.1) is 0 Å². The van der Waals surface area contributed by atoms with E-state index in [-0.39, 0.29) is 12.0 Å². The van der Waals surface area contributed by atoms with Crippen molar-refractivity contribution in [3.8, 4) is 0 Å². The van der Waals surface area contributed by atoms with E-state index in [2.05, 4.69) is 5.32 Å². The van der Waals surface area contributed by atoms with Gasteiger partial charge in [-0.05, 0) is 12.8 Å². The highest BCUT2D eigenvalue weighted by molar-refractivity contribution is 5.75. The van der Waals surface area contributed by atoms with Crippen LogP contribution in [-0.2, 0) is 19.0 Å². The van der Waals surface area contributed by atoms with E-state index in [1.807, 2.05) is 6.92 Å². The summed E-state index contributed by atoms with van der Waals surface area (Å²) in [6.07, 6.45) is 2.12. The molecule has 0 aromatic rings. The normalized spacial score (nSPS) is 17.0. The molecule has 0 saturated carbocycles. The number of piperidine rings is 1. The highest BCUT2D eigenvalue weighted by Crippen LogP contribution is 2.13. The van der Waals surface area contributed by atoms with Crippen molar-refractivity contribution < 1.29 is 23.5 Å². The first-order valence-electron chi connectivity index (χ1n) is 7.67. The smallest absolute Gasteiger partial charge is 0.219 e. The standard InChI is InChI=1S/C14H27FN2O4/c1-2-14(18)16-5-8-19-9-10-20-11-12-21-13-3-6-17(15)7-4-13/h13H,2-12H2,1H3,(H,16,18). The van der Waals surface area contributed by atoms with Crippen LogP contribution >= 0.6 is 0 Å². The molecule has 0 aromatic heterocycles. The molecule has 6 nitrogen and oxygen atoms in total. The first-order chi connectivity index (χ1) is 10.2. The lowest BCUT2D eigenvalue weighted by atomic mass is 10.1. The summed E-state index contributed by atoms with van der Waals surface area (Å²) in [6.45, 7) is 5.80. The van der Waals surface area contributed by atoms with E-state index < -0.39 is 0 Å². The van der Waals surface area contributed by atoms with E-state index in [0.29, 0.717) is 59.1 Å². The molecule has 0 radical (unpaired) electrons. The Kier molecular flexibility index (Phi) is 10.3. The molecule has 7 heteroatoms. The van der Waals surface area contributed by atoms with Gasteiger partial charge < -0.3 is 19.5 Å². The molecule has 0 atom stereocenters. The third kappa shape index (κ3) is 9.73. The second kappa shape index (κ2) is 11.9. The molecular weight excluding hydrogens is 279 g/mol. The number of nitrogens with zero attached hydrogens (tertiary/aromatic N) is 1. The van der Waals surface area contributed by atoms with E-state index in [1.54, 1.807) is 0 Å². The van der Waals surface area contributed by atoms with E-state index in [4.69, 9.17) is 14.2 Å². The maximum Gasteiger partial charge on any atom is 0.219 e. The number of hydrogen-bond acceptors (Lipinski definition) is 5. The van der Waals surface area contributed by atoms with Crippen LogP contribution in [0.1, 0.15) is 26.2 Å². The van der Waals surface area contributed by atoms with Gasteiger partial charge in [-0.1, -0.05) is 6.92 Å². The lowest BCUT2D eigenvalue weighted by Crippen LogP contribution is -2.32. The van der Waals surface area contributed by atoms with Gasteiger partial charge in [0.1, 0.15) is 0 Å². The van der Waals surface area contributed by atoms with Crippen LogP contribution in [0.4, 0.5) is 4.48 Å². The number of carbonyl (C=O) groups excluding carboxylic acids is 1. The molecule has 1 aliphatic heterocycles. The average Bonchev–Trinajstić information content (AvgIpc) is 2.50. The fourth-order valence-electron chi connectivity index (χ4n) is 1.97. The van der Waals surface area contributed by atoms with Crippen LogP contribution in [0.3, 0.4) is 0 Å². The second-order valence-corrected chi connectivity index (χ2v) is 4.91. The molecule has 1 amide bonds. The van der Waals surface area contributed by atoms with Gasteiger partial charge in [-0.15, -0.1) is 9.60 Å². The Morgan fingerprint density at radius 2 is 1.76 bits per heavy atom. The summed E-state index contributed by atoms with van der Waals surface area (Å²) >= 11 is 0. The quantitative estimate of drug-likeness (QED) is 0.454. The largest absolute Gasteiger partial charge is 0.377 e. The summed E-state index contributed by atoms with van der Waals surface area (Å²) in [7, 11) is 0. The van der Waals surface area contributed by atoms with Crippen molar-refractivity contribution in [3.63, 3.8) is 0 Å². The zero-order valence-corrected chi connectivity index (χ0v) is 12.8. The maximum absolute atomic E-state index is 12.8. The minimum Gasteiger partial charge on any atom is -0.377 e. The molecule has 1 N–H and O–H groups in total. The van der Waals surface area contributed by atoms with Gasteiger partial charge >= 0.3 is 0 Å². The van der Waals surface area contributed by atoms with Crippen molar-refractivity contribution in [1.82, 2.24) is 10.4 Å². The summed E-state index contributed by atoms with van der Waals surface area (Å²) < 4.78 is 29.0. The average molecular weight is 306 g/mol. The summed E-state index contributed by atoms with van der Waals surface area (Å²) in [4.78, 5) is 10.9. The van der Waals surface area contributed by atoms with E-state index in [1.165, 1.54) is 0 Å². The molecule has 1 fully saturated rings. The van der Waals surface area contributed by atoms with Gasteiger partial charge in [0.15, 0.2) is 0 Å². The van der Waals surface area contributed by atoms with Crippen molar-refractivity contribution in [1.29, 1.82) is 0 Å². The predicted molar refractivity (Wildman–Crippen MR) is 76.6 cm³/mol. The van der Waals surface area contributed by atoms with Crippen molar-refractivity contribution in [2.45, 2.75) is 32.3 Å². The lowest BCUT2D eigenvalue weighted by molar-refractivity contribution is -0.121. The minimum absolute atomic E-state index is 0.0330. The molecule has 1 heterocycles. The Morgan fingerprint density at radius 1 is 1.14 bits per heavy atom. The van der Waals surface area contributed by atoms with Gasteiger partial charge in [-0.2, -0.15) is 0 Å². The van der Waals surface area contributed by atoms with E-state index in [9.17, 15) is 9.28 Å². The van der Waals surface area contributed by atoms with Crippen LogP contribution in [0.5, 0.6) is 0 Å². The van der Waals surface area contributed by atoms with Crippen molar-refractivity contribution in [3.05, 3.63) is 0 Å². The number of nitrogens with one attached hydrogen (secondary N) is 1. The van der Waals surface area contributed by atoms with Crippen molar-refractivity contribution >= 4 is 5.91 Å². The Labute approximate surface area is 125 Å². The zero-order valence-electron chi connectivity index (χ0n) is 12.8. The highest BCUT2D eigenvalue weighted by Gasteiger charge is 2.18. The Balaban J connectivity index is 1.77. The number of amides is 1. The maximum atomic E-state index is 12.8. The third-order valence-electron chi connectivity index (χ3n) is 3.23. The number of halogens is 1. The molecule has 0 aliphatic carbocycles. The molecule has 1 rings (SSSR count). The van der Waals surface area contributed by atoms with Crippen LogP contribution in [0.15, 0.2) is 0 Å². The predicted octanol–water partition coefficient (Wildman–Crippen LogP) is 0.911. The molecule has 21 heavy (non-hydrogen) atoms. The molecule has 0 bridgehead atoms. The fourth-order valence-corrected chi connectivity index (χ4v) is 1.97. The zero-order chi connectivity index (χ0) is 15.3. The number of rotatable bonds is 11. The Morgan fingerprint density at radius 3 is 2.43 bits per heavy atom. The van der Waals surface area contributed by atoms with Crippen LogP contribution in [0.25, 0.3) is 0 Å². The summed E-state index contributed by atoms with van der Waals surface area (Å²) in [6, 6.07) is 0. The van der Waals surface area contributed by atoms with Gasteiger partial charge in [-0.25, -0.2) is 0 Å². The first-order valence-corrected chi connectivity index (χ1v) is 7.67. The van der Waals surface area contributed by atoms with E-state index >= 15 is 0 Å². The van der Waals surface area contributed by atoms with Gasteiger partial charge in [-0.3, -0.25) is 4.79 Å². The molecule has 1 aliphatic rings. The van der Waals surface area contributed by atoms with Crippen LogP contribution in [-0.4, -0.2) is 69.8 Å². The van der Waals surface area contributed by atoms with Crippen molar-refractivity contribution in [2.75, 3.05) is 52.7 Å². The number of ether oxygens (including phenoxy) is 3.